The van der Waals surface area contributed by atoms with Gasteiger partial charge in [0.05, 0.1) is 6.07 Å². The summed E-state index contributed by atoms with van der Waals surface area (Å²) >= 11 is 0. The molecule has 0 aromatic heterocycles. The van der Waals surface area contributed by atoms with Crippen molar-refractivity contribution in [1.29, 1.82) is 5.26 Å². The van der Waals surface area contributed by atoms with Gasteiger partial charge in [-0.15, -0.1) is 0 Å². The minimum absolute atomic E-state index is 0.130. The van der Waals surface area contributed by atoms with Gasteiger partial charge in [-0.1, -0.05) is 30.3 Å². The van der Waals surface area contributed by atoms with Crippen molar-refractivity contribution < 1.29 is 9.59 Å². The van der Waals surface area contributed by atoms with E-state index in [2.05, 4.69) is 17.4 Å². The lowest BCUT2D eigenvalue weighted by Gasteiger charge is -2.31. The van der Waals surface area contributed by atoms with Crippen LogP contribution in [0.15, 0.2) is 30.3 Å². The maximum Gasteiger partial charge on any atom is 0.311 e. The lowest BCUT2D eigenvalue weighted by atomic mass is 9.90. The molecule has 5 heteroatoms. The standard InChI is InChI=1S/C16H19N3O2/c17-8-9-18-15(20)16(21)19-10-6-14(7-11-19)12-13-4-2-1-3-5-13/h1-5,14H,6-7,9-12H2,(H,18,20). The SMILES string of the molecule is N#CCNC(=O)C(=O)N1CCC(Cc2ccccc2)CC1. The Balaban J connectivity index is 1.79. The summed E-state index contributed by atoms with van der Waals surface area (Å²) in [6, 6.07) is 12.1. The van der Waals surface area contributed by atoms with Crippen LogP contribution in [0.3, 0.4) is 0 Å². The van der Waals surface area contributed by atoms with E-state index in [0.717, 1.165) is 19.3 Å². The molecule has 2 amide bonds. The predicted molar refractivity (Wildman–Crippen MR) is 78.1 cm³/mol. The molecule has 5 nitrogen and oxygen atoms in total. The van der Waals surface area contributed by atoms with E-state index in [0.29, 0.717) is 19.0 Å². The van der Waals surface area contributed by atoms with Crippen molar-refractivity contribution in [3.63, 3.8) is 0 Å². The third kappa shape index (κ3) is 4.32. The third-order valence-corrected chi connectivity index (χ3v) is 3.79. The average molecular weight is 285 g/mol. The van der Waals surface area contributed by atoms with Crippen LogP contribution in [0, 0.1) is 17.2 Å². The van der Waals surface area contributed by atoms with E-state index in [1.807, 2.05) is 18.2 Å². The van der Waals surface area contributed by atoms with Crippen molar-refractivity contribution in [3.8, 4) is 6.07 Å². The largest absolute Gasteiger partial charge is 0.335 e. The van der Waals surface area contributed by atoms with Crippen LogP contribution in [-0.4, -0.2) is 36.3 Å². The second-order valence-corrected chi connectivity index (χ2v) is 5.27. The van der Waals surface area contributed by atoms with Crippen LogP contribution < -0.4 is 5.32 Å². The molecule has 1 N–H and O–H groups in total. The Morgan fingerprint density at radius 1 is 1.24 bits per heavy atom. The van der Waals surface area contributed by atoms with Gasteiger partial charge in [0.25, 0.3) is 0 Å². The molecule has 1 aromatic carbocycles. The van der Waals surface area contributed by atoms with Gasteiger partial charge in [0, 0.05) is 13.1 Å². The number of nitrogens with zero attached hydrogens (tertiary/aromatic N) is 2. The van der Waals surface area contributed by atoms with Gasteiger partial charge in [-0.3, -0.25) is 9.59 Å². The minimum atomic E-state index is -0.682. The first kappa shape index (κ1) is 15.0. The van der Waals surface area contributed by atoms with E-state index in [9.17, 15) is 9.59 Å². The Labute approximate surface area is 124 Å². The van der Waals surface area contributed by atoms with Crippen LogP contribution in [0.25, 0.3) is 0 Å². The molecule has 110 valence electrons. The summed E-state index contributed by atoms with van der Waals surface area (Å²) in [6.45, 7) is 1.08. The van der Waals surface area contributed by atoms with Crippen LogP contribution >= 0.6 is 0 Å². The molecule has 2 rings (SSSR count). The van der Waals surface area contributed by atoms with Gasteiger partial charge in [-0.25, -0.2) is 0 Å². The highest BCUT2D eigenvalue weighted by Crippen LogP contribution is 2.21. The summed E-state index contributed by atoms with van der Waals surface area (Å²) in [4.78, 5) is 25.0. The Bertz CT molecular complexity index is 528. The van der Waals surface area contributed by atoms with E-state index in [-0.39, 0.29) is 6.54 Å². The lowest BCUT2D eigenvalue weighted by molar-refractivity contribution is -0.146. The van der Waals surface area contributed by atoms with Crippen molar-refractivity contribution in [2.24, 2.45) is 5.92 Å². The van der Waals surface area contributed by atoms with E-state index in [1.165, 1.54) is 5.56 Å². The molecule has 21 heavy (non-hydrogen) atoms. The summed E-state index contributed by atoms with van der Waals surface area (Å²) in [5.74, 6) is -0.653. The predicted octanol–water partition coefficient (Wildman–Crippen LogP) is 1.11. The molecule has 0 bridgehead atoms. The number of carbonyl (C=O) groups excluding carboxylic acids is 2. The first-order valence-corrected chi connectivity index (χ1v) is 7.18. The minimum Gasteiger partial charge on any atom is -0.335 e. The van der Waals surface area contributed by atoms with Crippen molar-refractivity contribution >= 4 is 11.8 Å². The zero-order chi connectivity index (χ0) is 15.1. The Kier molecular flexibility index (Phi) is 5.33. The second kappa shape index (κ2) is 7.44. The number of carbonyl (C=O) groups is 2. The van der Waals surface area contributed by atoms with E-state index >= 15 is 0 Å². The Morgan fingerprint density at radius 2 is 1.90 bits per heavy atom. The number of rotatable bonds is 3. The van der Waals surface area contributed by atoms with Crippen molar-refractivity contribution in [2.75, 3.05) is 19.6 Å². The normalized spacial score (nSPS) is 15.3. The van der Waals surface area contributed by atoms with Crippen LogP contribution in [0.2, 0.25) is 0 Å². The number of nitriles is 1. The number of benzene rings is 1. The quantitative estimate of drug-likeness (QED) is 0.668. The second-order valence-electron chi connectivity index (χ2n) is 5.27. The average Bonchev–Trinajstić information content (AvgIpc) is 2.53. The van der Waals surface area contributed by atoms with Crippen LogP contribution in [0.4, 0.5) is 0 Å². The van der Waals surface area contributed by atoms with Gasteiger partial charge in [0.1, 0.15) is 6.54 Å². The van der Waals surface area contributed by atoms with Gasteiger partial charge in [0.2, 0.25) is 0 Å². The molecule has 1 aliphatic rings. The van der Waals surface area contributed by atoms with Gasteiger partial charge in [0.15, 0.2) is 0 Å². The summed E-state index contributed by atoms with van der Waals surface area (Å²) in [5.41, 5.74) is 1.31. The van der Waals surface area contributed by atoms with Crippen molar-refractivity contribution in [3.05, 3.63) is 35.9 Å². The van der Waals surface area contributed by atoms with E-state index in [1.54, 1.807) is 11.0 Å². The van der Waals surface area contributed by atoms with Crippen LogP contribution in [0.5, 0.6) is 0 Å². The molecule has 0 saturated carbocycles. The molecule has 0 aliphatic carbocycles. The monoisotopic (exact) mass is 285 g/mol. The lowest BCUT2D eigenvalue weighted by Crippen LogP contribution is -2.46. The number of likely N-dealkylation sites (tertiary alicyclic amines) is 1. The first-order valence-electron chi connectivity index (χ1n) is 7.18. The highest BCUT2D eigenvalue weighted by molar-refractivity contribution is 6.35. The summed E-state index contributed by atoms with van der Waals surface area (Å²) in [6.07, 6.45) is 2.84. The maximum atomic E-state index is 11.9. The molecule has 1 aromatic rings. The molecular weight excluding hydrogens is 266 g/mol. The molecule has 0 spiro atoms. The van der Waals surface area contributed by atoms with Gasteiger partial charge >= 0.3 is 11.8 Å². The van der Waals surface area contributed by atoms with Crippen molar-refractivity contribution in [1.82, 2.24) is 10.2 Å². The molecule has 0 radical (unpaired) electrons. The number of hydrogen-bond acceptors (Lipinski definition) is 3. The highest BCUT2D eigenvalue weighted by Gasteiger charge is 2.26. The van der Waals surface area contributed by atoms with E-state index < -0.39 is 11.8 Å². The van der Waals surface area contributed by atoms with Crippen LogP contribution in [0.1, 0.15) is 18.4 Å². The fourth-order valence-electron chi connectivity index (χ4n) is 2.63. The molecule has 1 saturated heterocycles. The maximum absolute atomic E-state index is 11.9. The highest BCUT2D eigenvalue weighted by atomic mass is 16.2. The molecule has 0 atom stereocenters. The van der Waals surface area contributed by atoms with Gasteiger partial charge in [-0.05, 0) is 30.7 Å². The smallest absolute Gasteiger partial charge is 0.311 e. The Morgan fingerprint density at radius 3 is 2.52 bits per heavy atom. The Hall–Kier alpha value is -2.35. The summed E-state index contributed by atoms with van der Waals surface area (Å²) in [5, 5.41) is 10.7. The molecular formula is C16H19N3O2. The zero-order valence-corrected chi connectivity index (χ0v) is 11.9. The van der Waals surface area contributed by atoms with Crippen LogP contribution in [-0.2, 0) is 16.0 Å². The fraction of sp³-hybridized carbons (Fsp3) is 0.438. The summed E-state index contributed by atoms with van der Waals surface area (Å²) in [7, 11) is 0. The zero-order valence-electron chi connectivity index (χ0n) is 11.9. The molecule has 1 fully saturated rings. The van der Waals surface area contributed by atoms with Gasteiger partial charge in [-0.2, -0.15) is 5.26 Å². The van der Waals surface area contributed by atoms with E-state index in [4.69, 9.17) is 5.26 Å². The first-order chi connectivity index (χ1) is 10.2. The number of nitrogens with one attached hydrogen (secondary N) is 1. The topological polar surface area (TPSA) is 73.2 Å². The number of piperidine rings is 1. The summed E-state index contributed by atoms with van der Waals surface area (Å²) < 4.78 is 0. The molecule has 1 aliphatic heterocycles. The fourth-order valence-corrected chi connectivity index (χ4v) is 2.63. The number of hydrogen-bond donors (Lipinski definition) is 1. The molecule has 1 heterocycles. The number of amides is 2. The third-order valence-electron chi connectivity index (χ3n) is 3.79. The van der Waals surface area contributed by atoms with Gasteiger partial charge < -0.3 is 10.2 Å². The molecule has 0 unspecified atom stereocenters. The van der Waals surface area contributed by atoms with Crippen molar-refractivity contribution in [2.45, 2.75) is 19.3 Å².